The lowest BCUT2D eigenvalue weighted by Crippen LogP contribution is -2.36. The van der Waals surface area contributed by atoms with E-state index in [-0.39, 0.29) is 18.3 Å². The average Bonchev–Trinajstić information content (AvgIpc) is 2.99. The molecule has 4 nitrogen and oxygen atoms in total. The van der Waals surface area contributed by atoms with E-state index in [2.05, 4.69) is 10.6 Å². The number of carbonyl (C=O) groups excluding carboxylic acids is 1. The molecule has 1 fully saturated rings. The van der Waals surface area contributed by atoms with Crippen LogP contribution in [0.15, 0.2) is 17.5 Å². The van der Waals surface area contributed by atoms with Crippen LogP contribution in [0.4, 0.5) is 0 Å². The van der Waals surface area contributed by atoms with Gasteiger partial charge in [-0.15, -0.1) is 23.7 Å². The summed E-state index contributed by atoms with van der Waals surface area (Å²) in [5.74, 6) is 0.0383. The van der Waals surface area contributed by atoms with Crippen LogP contribution >= 0.6 is 23.7 Å². The first-order valence-electron chi connectivity index (χ1n) is 5.96. The fraction of sp³-hybridized carbons (Fsp3) is 0.583. The van der Waals surface area contributed by atoms with E-state index in [1.165, 1.54) is 4.88 Å². The zero-order chi connectivity index (χ0) is 11.9. The zero-order valence-corrected chi connectivity index (χ0v) is 11.8. The van der Waals surface area contributed by atoms with E-state index in [9.17, 15) is 4.79 Å². The lowest BCUT2D eigenvalue weighted by molar-refractivity contribution is -0.120. The quantitative estimate of drug-likeness (QED) is 0.836. The molecule has 0 aliphatic carbocycles. The maximum absolute atomic E-state index is 11.5. The Morgan fingerprint density at radius 2 is 2.44 bits per heavy atom. The predicted octanol–water partition coefficient (Wildman–Crippen LogP) is 1.55. The summed E-state index contributed by atoms with van der Waals surface area (Å²) in [5, 5.41) is 8.01. The number of carbonyl (C=O) groups is 1. The lowest BCUT2D eigenvalue weighted by Gasteiger charge is -2.10. The fourth-order valence-electron chi connectivity index (χ4n) is 1.81. The van der Waals surface area contributed by atoms with E-state index in [0.29, 0.717) is 19.2 Å². The first-order chi connectivity index (χ1) is 8.34. The van der Waals surface area contributed by atoms with Gasteiger partial charge >= 0.3 is 0 Å². The van der Waals surface area contributed by atoms with Crippen LogP contribution in [0.3, 0.4) is 0 Å². The second kappa shape index (κ2) is 8.48. The maximum atomic E-state index is 11.5. The largest absolute Gasteiger partial charge is 0.377 e. The number of ether oxygens (including phenoxy) is 1. The summed E-state index contributed by atoms with van der Waals surface area (Å²) in [5.41, 5.74) is 0. The van der Waals surface area contributed by atoms with Crippen molar-refractivity contribution in [2.24, 2.45) is 0 Å². The van der Waals surface area contributed by atoms with Gasteiger partial charge in [-0.05, 0) is 24.3 Å². The van der Waals surface area contributed by atoms with Crippen molar-refractivity contribution in [2.75, 3.05) is 19.7 Å². The Morgan fingerprint density at radius 1 is 1.56 bits per heavy atom. The van der Waals surface area contributed by atoms with Gasteiger partial charge in [-0.25, -0.2) is 0 Å². The van der Waals surface area contributed by atoms with E-state index < -0.39 is 0 Å². The maximum Gasteiger partial charge on any atom is 0.234 e. The van der Waals surface area contributed by atoms with Gasteiger partial charge in [-0.3, -0.25) is 4.79 Å². The molecule has 1 aliphatic rings. The van der Waals surface area contributed by atoms with Gasteiger partial charge < -0.3 is 15.4 Å². The number of amides is 1. The smallest absolute Gasteiger partial charge is 0.234 e. The topological polar surface area (TPSA) is 50.4 Å². The van der Waals surface area contributed by atoms with Gasteiger partial charge in [0.15, 0.2) is 0 Å². The van der Waals surface area contributed by atoms with Crippen molar-refractivity contribution in [1.82, 2.24) is 10.6 Å². The standard InChI is InChI=1S/C12H18N2O2S.ClH/c15-12(14-8-11-4-2-6-17-11)9-13-7-10-3-1-5-16-10;/h2,4,6,10,13H,1,3,5,7-9H2,(H,14,15);1H. The Kier molecular flexibility index (Phi) is 7.27. The molecule has 0 spiro atoms. The molecular weight excluding hydrogens is 272 g/mol. The van der Waals surface area contributed by atoms with Crippen LogP contribution in [0, 0.1) is 0 Å². The first-order valence-corrected chi connectivity index (χ1v) is 6.84. The highest BCUT2D eigenvalue weighted by Crippen LogP contribution is 2.10. The molecule has 0 aromatic carbocycles. The van der Waals surface area contributed by atoms with Gasteiger partial charge in [0.25, 0.3) is 0 Å². The third-order valence-electron chi connectivity index (χ3n) is 2.72. The van der Waals surface area contributed by atoms with Crippen LogP contribution in [0.1, 0.15) is 17.7 Å². The monoisotopic (exact) mass is 290 g/mol. The minimum Gasteiger partial charge on any atom is -0.377 e. The molecule has 102 valence electrons. The molecule has 18 heavy (non-hydrogen) atoms. The van der Waals surface area contributed by atoms with Crippen molar-refractivity contribution < 1.29 is 9.53 Å². The molecule has 1 saturated heterocycles. The highest BCUT2D eigenvalue weighted by atomic mass is 35.5. The van der Waals surface area contributed by atoms with Gasteiger partial charge in [0.1, 0.15) is 0 Å². The molecule has 6 heteroatoms. The summed E-state index contributed by atoms with van der Waals surface area (Å²) >= 11 is 1.65. The third kappa shape index (κ3) is 5.35. The van der Waals surface area contributed by atoms with E-state index in [1.54, 1.807) is 11.3 Å². The van der Waals surface area contributed by atoms with Gasteiger partial charge in [0.2, 0.25) is 5.91 Å². The minimum absolute atomic E-state index is 0. The minimum atomic E-state index is 0. The molecule has 0 radical (unpaired) electrons. The van der Waals surface area contributed by atoms with Crippen molar-refractivity contribution >= 4 is 29.7 Å². The van der Waals surface area contributed by atoms with Crippen LogP contribution in [0.2, 0.25) is 0 Å². The second-order valence-electron chi connectivity index (χ2n) is 4.12. The van der Waals surface area contributed by atoms with Crippen molar-refractivity contribution in [3.63, 3.8) is 0 Å². The average molecular weight is 291 g/mol. The summed E-state index contributed by atoms with van der Waals surface area (Å²) in [6, 6.07) is 4.01. The second-order valence-corrected chi connectivity index (χ2v) is 5.15. The van der Waals surface area contributed by atoms with E-state index in [1.807, 2.05) is 17.5 Å². The van der Waals surface area contributed by atoms with Gasteiger partial charge in [0.05, 0.1) is 19.2 Å². The summed E-state index contributed by atoms with van der Waals surface area (Å²) < 4.78 is 5.46. The normalized spacial score (nSPS) is 18.3. The van der Waals surface area contributed by atoms with Crippen molar-refractivity contribution in [2.45, 2.75) is 25.5 Å². The Balaban J connectivity index is 0.00000162. The van der Waals surface area contributed by atoms with Gasteiger partial charge in [-0.2, -0.15) is 0 Å². The number of halogens is 1. The molecule has 2 heterocycles. The number of thiophene rings is 1. The zero-order valence-electron chi connectivity index (χ0n) is 10.2. The molecule has 1 unspecified atom stereocenters. The molecule has 1 aliphatic heterocycles. The number of nitrogens with one attached hydrogen (secondary N) is 2. The van der Waals surface area contributed by atoms with Gasteiger partial charge in [0, 0.05) is 18.0 Å². The first kappa shape index (κ1) is 15.4. The van der Waals surface area contributed by atoms with Crippen molar-refractivity contribution in [1.29, 1.82) is 0 Å². The Morgan fingerprint density at radius 3 is 3.11 bits per heavy atom. The number of rotatable bonds is 6. The van der Waals surface area contributed by atoms with Crippen molar-refractivity contribution in [3.8, 4) is 0 Å². The van der Waals surface area contributed by atoms with Crippen LogP contribution in [0.5, 0.6) is 0 Å². The lowest BCUT2D eigenvalue weighted by atomic mass is 10.2. The Hall–Kier alpha value is -0.620. The van der Waals surface area contributed by atoms with E-state index in [0.717, 1.165) is 26.0 Å². The number of hydrogen-bond acceptors (Lipinski definition) is 4. The Bertz CT molecular complexity index is 340. The number of hydrogen-bond donors (Lipinski definition) is 2. The molecule has 1 atom stereocenters. The van der Waals surface area contributed by atoms with Crippen LogP contribution in [0.25, 0.3) is 0 Å². The van der Waals surface area contributed by atoms with Crippen LogP contribution in [-0.4, -0.2) is 31.7 Å². The van der Waals surface area contributed by atoms with Crippen LogP contribution in [-0.2, 0) is 16.1 Å². The van der Waals surface area contributed by atoms with Crippen molar-refractivity contribution in [3.05, 3.63) is 22.4 Å². The molecule has 0 saturated carbocycles. The third-order valence-corrected chi connectivity index (χ3v) is 3.60. The summed E-state index contributed by atoms with van der Waals surface area (Å²) in [6.07, 6.45) is 2.53. The molecule has 2 rings (SSSR count). The van der Waals surface area contributed by atoms with Gasteiger partial charge in [-0.1, -0.05) is 6.07 Å². The molecule has 0 bridgehead atoms. The molecular formula is C12H19ClN2O2S. The fourth-order valence-corrected chi connectivity index (χ4v) is 2.46. The molecule has 1 aromatic rings. The van der Waals surface area contributed by atoms with E-state index >= 15 is 0 Å². The highest BCUT2D eigenvalue weighted by molar-refractivity contribution is 7.09. The molecule has 1 aromatic heterocycles. The predicted molar refractivity (Wildman–Crippen MR) is 75.3 cm³/mol. The molecule has 2 N–H and O–H groups in total. The molecule has 1 amide bonds. The van der Waals surface area contributed by atoms with E-state index in [4.69, 9.17) is 4.74 Å². The summed E-state index contributed by atoms with van der Waals surface area (Å²) in [7, 11) is 0. The van der Waals surface area contributed by atoms with Crippen LogP contribution < -0.4 is 10.6 Å². The summed E-state index contributed by atoms with van der Waals surface area (Å²) in [6.45, 7) is 2.62. The summed E-state index contributed by atoms with van der Waals surface area (Å²) in [4.78, 5) is 12.7. The Labute approximate surface area is 118 Å². The highest BCUT2D eigenvalue weighted by Gasteiger charge is 2.14. The SMILES string of the molecule is Cl.O=C(CNCC1CCCO1)NCc1cccs1.